The fraction of sp³-hybridized carbons (Fsp3) is 0.429. The highest BCUT2D eigenvalue weighted by Crippen LogP contribution is 2.22. The highest BCUT2D eigenvalue weighted by molar-refractivity contribution is 6.02. The molecule has 5 nitrogen and oxygen atoms in total. The van der Waals surface area contributed by atoms with Crippen molar-refractivity contribution in [3.8, 4) is 0 Å². The van der Waals surface area contributed by atoms with Crippen LogP contribution in [-0.2, 0) is 4.74 Å². The van der Waals surface area contributed by atoms with Crippen molar-refractivity contribution in [2.45, 2.75) is 40.7 Å². The molecule has 2 rings (SSSR count). The highest BCUT2D eigenvalue weighted by atomic mass is 16.5. The molecule has 5 heteroatoms. The molecule has 0 amide bonds. The molecule has 1 unspecified atom stereocenters. The number of carbonyl (C=O) groups is 2. The summed E-state index contributed by atoms with van der Waals surface area (Å²) in [7, 11) is 1.93. The van der Waals surface area contributed by atoms with Crippen LogP contribution in [0, 0.1) is 20.8 Å². The van der Waals surface area contributed by atoms with Gasteiger partial charge in [0.1, 0.15) is 0 Å². The molecule has 1 N–H and O–H groups in total. The van der Waals surface area contributed by atoms with Crippen LogP contribution in [0.5, 0.6) is 0 Å². The minimum Gasteiger partial charge on any atom is -0.462 e. The number of rotatable bonds is 7. The number of aromatic amines is 1. The number of Topliss-reactive ketones (excluding diaryl/α,β-unsaturated/α-hetero) is 1. The van der Waals surface area contributed by atoms with Crippen LogP contribution < -0.4 is 0 Å². The topological polar surface area (TPSA) is 62.4 Å². The zero-order valence-electron chi connectivity index (χ0n) is 16.5. The Kier molecular flexibility index (Phi) is 6.37. The van der Waals surface area contributed by atoms with Gasteiger partial charge in [-0.2, -0.15) is 0 Å². The van der Waals surface area contributed by atoms with E-state index in [1.165, 1.54) is 5.56 Å². The van der Waals surface area contributed by atoms with E-state index in [2.05, 4.69) is 43.1 Å². The monoisotopic (exact) mass is 356 g/mol. The lowest BCUT2D eigenvalue weighted by atomic mass is 10.0. The van der Waals surface area contributed by atoms with Gasteiger partial charge >= 0.3 is 5.97 Å². The molecule has 2 aromatic rings. The summed E-state index contributed by atoms with van der Waals surface area (Å²) in [5.74, 6) is -0.429. The number of ether oxygens (including phenoxy) is 1. The Bertz CT molecular complexity index is 790. The normalized spacial score (nSPS) is 12.3. The van der Waals surface area contributed by atoms with E-state index >= 15 is 0 Å². The second kappa shape index (κ2) is 8.32. The van der Waals surface area contributed by atoms with E-state index in [-0.39, 0.29) is 24.3 Å². The molecular weight excluding hydrogens is 328 g/mol. The van der Waals surface area contributed by atoms with Crippen molar-refractivity contribution in [2.24, 2.45) is 0 Å². The quantitative estimate of drug-likeness (QED) is 0.602. The molecule has 0 saturated heterocycles. The minimum atomic E-state index is -0.390. The molecule has 0 aliphatic heterocycles. The zero-order chi connectivity index (χ0) is 19.4. The first kappa shape index (κ1) is 19.9. The smallest absolute Gasteiger partial charge is 0.340 e. The Hall–Kier alpha value is -2.40. The van der Waals surface area contributed by atoms with Gasteiger partial charge in [0.2, 0.25) is 0 Å². The van der Waals surface area contributed by atoms with Crippen molar-refractivity contribution in [3.05, 3.63) is 57.9 Å². The van der Waals surface area contributed by atoms with Crippen LogP contribution in [0.3, 0.4) is 0 Å². The largest absolute Gasteiger partial charge is 0.462 e. The van der Waals surface area contributed by atoms with Gasteiger partial charge in [-0.05, 0) is 52.8 Å². The molecule has 0 aliphatic rings. The van der Waals surface area contributed by atoms with Crippen LogP contribution in [0.2, 0.25) is 0 Å². The Morgan fingerprint density at radius 3 is 2.35 bits per heavy atom. The van der Waals surface area contributed by atoms with E-state index in [9.17, 15) is 9.59 Å². The third-order valence-electron chi connectivity index (χ3n) is 4.81. The molecular formula is C21H28N2O3. The van der Waals surface area contributed by atoms with E-state index in [1.807, 2.05) is 11.9 Å². The predicted molar refractivity (Wildman–Crippen MR) is 103 cm³/mol. The maximum atomic E-state index is 12.8. The number of benzene rings is 1. The number of aromatic nitrogens is 1. The summed E-state index contributed by atoms with van der Waals surface area (Å²) in [5, 5.41) is 0. The van der Waals surface area contributed by atoms with Crippen LogP contribution >= 0.6 is 0 Å². The summed E-state index contributed by atoms with van der Waals surface area (Å²) in [6.07, 6.45) is 0. The van der Waals surface area contributed by atoms with E-state index in [4.69, 9.17) is 4.74 Å². The standard InChI is InChI=1S/C21H28N2O3/c1-7-26-21(25)19-14(3)20(22-15(19)4)18(24)12-23(6)16(5)17-10-8-13(2)9-11-17/h8-11,16,22H,7,12H2,1-6H3. The van der Waals surface area contributed by atoms with E-state index in [1.54, 1.807) is 20.8 Å². The SMILES string of the molecule is CCOC(=O)c1c(C)[nH]c(C(=O)CN(C)C(C)c2ccc(C)cc2)c1C. The average molecular weight is 356 g/mol. The first-order chi connectivity index (χ1) is 12.3. The summed E-state index contributed by atoms with van der Waals surface area (Å²) in [6, 6.07) is 8.44. The summed E-state index contributed by atoms with van der Waals surface area (Å²) >= 11 is 0. The number of H-pyrrole nitrogens is 1. The van der Waals surface area contributed by atoms with Crippen LogP contribution in [-0.4, -0.2) is 41.8 Å². The molecule has 0 bridgehead atoms. The van der Waals surface area contributed by atoms with Gasteiger partial charge in [-0.25, -0.2) is 4.79 Å². The lowest BCUT2D eigenvalue weighted by molar-refractivity contribution is 0.0525. The van der Waals surface area contributed by atoms with Gasteiger partial charge in [-0.3, -0.25) is 9.69 Å². The van der Waals surface area contributed by atoms with E-state index < -0.39 is 0 Å². The highest BCUT2D eigenvalue weighted by Gasteiger charge is 2.24. The Labute approximate surface area is 155 Å². The number of nitrogens with zero attached hydrogens (tertiary/aromatic N) is 1. The summed E-state index contributed by atoms with van der Waals surface area (Å²) < 4.78 is 5.09. The van der Waals surface area contributed by atoms with Gasteiger partial charge in [0, 0.05) is 11.7 Å². The molecule has 1 heterocycles. The lowest BCUT2D eigenvalue weighted by Gasteiger charge is -2.24. The maximum absolute atomic E-state index is 12.8. The van der Waals surface area contributed by atoms with Crippen molar-refractivity contribution in [1.82, 2.24) is 9.88 Å². The fourth-order valence-corrected chi connectivity index (χ4v) is 3.08. The van der Waals surface area contributed by atoms with Crippen molar-refractivity contribution < 1.29 is 14.3 Å². The molecule has 0 saturated carbocycles. The fourth-order valence-electron chi connectivity index (χ4n) is 3.08. The Morgan fingerprint density at radius 2 is 1.77 bits per heavy atom. The lowest BCUT2D eigenvalue weighted by Crippen LogP contribution is -2.29. The van der Waals surface area contributed by atoms with Crippen LogP contribution in [0.15, 0.2) is 24.3 Å². The number of hydrogen-bond donors (Lipinski definition) is 1. The summed E-state index contributed by atoms with van der Waals surface area (Å²) in [6.45, 7) is 10.0. The molecule has 1 aromatic carbocycles. The summed E-state index contributed by atoms with van der Waals surface area (Å²) in [4.78, 5) is 30.0. The van der Waals surface area contributed by atoms with Crippen LogP contribution in [0.4, 0.5) is 0 Å². The predicted octanol–water partition coefficient (Wildman–Crippen LogP) is 3.99. The van der Waals surface area contributed by atoms with Gasteiger partial charge < -0.3 is 9.72 Å². The van der Waals surface area contributed by atoms with Gasteiger partial charge in [0.25, 0.3) is 0 Å². The Balaban J connectivity index is 2.15. The van der Waals surface area contributed by atoms with Crippen molar-refractivity contribution in [1.29, 1.82) is 0 Å². The van der Waals surface area contributed by atoms with Crippen molar-refractivity contribution in [2.75, 3.05) is 20.2 Å². The van der Waals surface area contributed by atoms with E-state index in [0.29, 0.717) is 29.1 Å². The second-order valence-electron chi connectivity index (χ2n) is 6.77. The number of carbonyl (C=O) groups excluding carboxylic acids is 2. The maximum Gasteiger partial charge on any atom is 0.340 e. The van der Waals surface area contributed by atoms with Crippen molar-refractivity contribution >= 4 is 11.8 Å². The van der Waals surface area contributed by atoms with E-state index in [0.717, 1.165) is 5.56 Å². The van der Waals surface area contributed by atoms with Gasteiger partial charge in [-0.1, -0.05) is 29.8 Å². The molecule has 26 heavy (non-hydrogen) atoms. The number of hydrogen-bond acceptors (Lipinski definition) is 4. The number of nitrogens with one attached hydrogen (secondary N) is 1. The molecule has 140 valence electrons. The first-order valence-electron chi connectivity index (χ1n) is 8.92. The minimum absolute atomic E-state index is 0.0392. The average Bonchev–Trinajstić information content (AvgIpc) is 2.89. The van der Waals surface area contributed by atoms with Gasteiger partial charge in [-0.15, -0.1) is 0 Å². The first-order valence-corrected chi connectivity index (χ1v) is 8.92. The number of esters is 1. The molecule has 1 atom stereocenters. The van der Waals surface area contributed by atoms with Crippen molar-refractivity contribution in [3.63, 3.8) is 0 Å². The third-order valence-corrected chi connectivity index (χ3v) is 4.81. The number of aryl methyl sites for hydroxylation is 2. The van der Waals surface area contributed by atoms with Crippen LogP contribution in [0.25, 0.3) is 0 Å². The van der Waals surface area contributed by atoms with Gasteiger partial charge in [0.05, 0.1) is 24.4 Å². The number of likely N-dealkylation sites (N-methyl/N-ethyl adjacent to an activating group) is 1. The second-order valence-corrected chi connectivity index (χ2v) is 6.77. The molecule has 0 aliphatic carbocycles. The zero-order valence-corrected chi connectivity index (χ0v) is 16.5. The van der Waals surface area contributed by atoms with Crippen LogP contribution in [0.1, 0.15) is 63.1 Å². The Morgan fingerprint density at radius 1 is 1.15 bits per heavy atom. The number of ketones is 1. The molecule has 0 fully saturated rings. The molecule has 0 radical (unpaired) electrons. The van der Waals surface area contributed by atoms with Gasteiger partial charge in [0.15, 0.2) is 5.78 Å². The summed E-state index contributed by atoms with van der Waals surface area (Å²) in [5.41, 5.74) is 4.64. The molecule has 0 spiro atoms. The third kappa shape index (κ3) is 4.22. The molecule has 1 aromatic heterocycles.